The summed E-state index contributed by atoms with van der Waals surface area (Å²) < 4.78 is 97.6. The highest BCUT2D eigenvalue weighted by Gasteiger charge is 2.48. The van der Waals surface area contributed by atoms with E-state index in [9.17, 15) is 44.7 Å². The number of amides is 2. The molecule has 74 heavy (non-hydrogen) atoms. The fourth-order valence-electron chi connectivity index (χ4n) is 9.31. The smallest absolute Gasteiger partial charge is 0.393 e. The number of piperidine rings is 1. The van der Waals surface area contributed by atoms with Gasteiger partial charge in [-0.15, -0.1) is 11.8 Å². The number of thioether (sulfide) groups is 1. The molecule has 5 aromatic carbocycles. The molecule has 21 heteroatoms. The van der Waals surface area contributed by atoms with Crippen LogP contribution in [-0.2, 0) is 26.9 Å². The molecule has 2 amide bonds. The van der Waals surface area contributed by atoms with Gasteiger partial charge in [0, 0.05) is 108 Å². The van der Waals surface area contributed by atoms with Crippen LogP contribution in [0.2, 0.25) is 5.02 Å². The van der Waals surface area contributed by atoms with E-state index in [0.717, 1.165) is 34.2 Å². The monoisotopic (exact) mass is 1090 g/mol. The molecule has 2 saturated heterocycles. The number of nitrogens with one attached hydrogen (secondary N) is 3. The second-order valence-corrected chi connectivity index (χ2v) is 23.7. The number of hydrogen-bond donors (Lipinski definition) is 4. The maximum Gasteiger partial charge on any atom is 0.501 e. The Bertz CT molecular complexity index is 3200. The fraction of sp³-hybridized carbons (Fsp3) is 0.321. The van der Waals surface area contributed by atoms with Crippen LogP contribution in [0.3, 0.4) is 0 Å². The van der Waals surface area contributed by atoms with Crippen LogP contribution in [0.25, 0.3) is 22.4 Å². The lowest BCUT2D eigenvalue weighted by Gasteiger charge is -2.37. The summed E-state index contributed by atoms with van der Waals surface area (Å²) in [5, 5.41) is 16.3. The topological polar surface area (TPSA) is 173 Å². The average molecular weight is 1090 g/mol. The van der Waals surface area contributed by atoms with E-state index in [1.807, 2.05) is 90.5 Å². The van der Waals surface area contributed by atoms with E-state index in [4.69, 9.17) is 11.6 Å². The van der Waals surface area contributed by atoms with Crippen LogP contribution in [0.4, 0.5) is 35.9 Å². The third kappa shape index (κ3) is 12.9. The van der Waals surface area contributed by atoms with Gasteiger partial charge in [0.15, 0.2) is 0 Å². The van der Waals surface area contributed by atoms with Crippen molar-refractivity contribution in [1.82, 2.24) is 14.2 Å². The minimum atomic E-state index is -5.90. The zero-order valence-electron chi connectivity index (χ0n) is 40.9. The number of likely N-dealkylation sites (tertiary alicyclic amines) is 1. The molecule has 2 aliphatic rings. The SMILES string of the molecule is Cc1c(C(=O)NS(C)(=O)=O)c(-c2cccc(N3CCN(c4ccc(NC(=O)c5ccc(N[C@@H](CCN6CCC(O)CC6)CSc6ccccc6)c(S(=O)(=O)C(F)(F)F)c5)cc4)CC3)c2)c(-c2ccc(Cl)cc2)n1C. The number of sulfonamides is 1. The molecule has 0 spiro atoms. The van der Waals surface area contributed by atoms with Crippen LogP contribution in [0.1, 0.15) is 45.7 Å². The summed E-state index contributed by atoms with van der Waals surface area (Å²) in [5.74, 6) is -1.12. The van der Waals surface area contributed by atoms with Crippen molar-refractivity contribution in [2.45, 2.75) is 53.6 Å². The highest BCUT2D eigenvalue weighted by molar-refractivity contribution is 7.99. The van der Waals surface area contributed by atoms with E-state index in [1.54, 1.807) is 31.2 Å². The number of hydrogen-bond acceptors (Lipinski definition) is 12. The first-order valence-electron chi connectivity index (χ1n) is 23.9. The molecule has 1 atom stereocenters. The van der Waals surface area contributed by atoms with Crippen LogP contribution in [0, 0.1) is 6.92 Å². The molecule has 3 heterocycles. The molecule has 0 radical (unpaired) electrons. The summed E-state index contributed by atoms with van der Waals surface area (Å²) >= 11 is 7.72. The number of nitrogens with zero attached hydrogens (tertiary/aromatic N) is 4. The number of rotatable bonds is 17. The van der Waals surface area contributed by atoms with Crippen molar-refractivity contribution in [2.75, 3.05) is 78.3 Å². The summed E-state index contributed by atoms with van der Waals surface area (Å²) in [5.41, 5.74) is -0.488. The fourth-order valence-corrected chi connectivity index (χ4v) is 11.8. The van der Waals surface area contributed by atoms with Gasteiger partial charge < -0.3 is 35.0 Å². The van der Waals surface area contributed by atoms with Gasteiger partial charge in [-0.1, -0.05) is 54.1 Å². The summed E-state index contributed by atoms with van der Waals surface area (Å²) in [6.07, 6.45) is 2.27. The zero-order valence-corrected chi connectivity index (χ0v) is 44.1. The van der Waals surface area contributed by atoms with Crippen LogP contribution >= 0.6 is 23.4 Å². The van der Waals surface area contributed by atoms with Crippen LogP contribution < -0.4 is 25.2 Å². The minimum Gasteiger partial charge on any atom is -0.393 e. The number of piperazine rings is 1. The van der Waals surface area contributed by atoms with Crippen molar-refractivity contribution in [3.8, 4) is 22.4 Å². The maximum absolute atomic E-state index is 14.3. The first kappa shape index (κ1) is 54.2. The van der Waals surface area contributed by atoms with Crippen LogP contribution in [-0.4, -0.2) is 119 Å². The van der Waals surface area contributed by atoms with E-state index in [0.29, 0.717) is 104 Å². The number of halogens is 4. The molecule has 1 aromatic heterocycles. The average Bonchev–Trinajstić information content (AvgIpc) is 3.64. The number of carbonyl (C=O) groups is 2. The standard InChI is InChI=1S/C53H57ClF3N7O7S3/c1-35-48(52(67)60-73(3,68)69)49(50(61(35)2)36-12-15-39(54)16-13-36)37-8-7-9-43(32-37)64-30-28-63(29-31-64)42-19-17-40(18-20-42)59-51(66)38-14-21-46(47(33-38)74(70,71)53(55,56)57)58-41(34-72-45-10-5-4-6-11-45)22-25-62-26-23-44(65)24-27-62/h4-21,32-33,41,44,58,65H,22-31,34H2,1-3H3,(H,59,66)(H,60,67)/t41-/m0/s1. The second kappa shape index (κ2) is 22.8. The van der Waals surface area contributed by atoms with Gasteiger partial charge in [0.1, 0.15) is 4.90 Å². The van der Waals surface area contributed by atoms with Gasteiger partial charge in [0.05, 0.1) is 29.3 Å². The molecule has 0 unspecified atom stereocenters. The summed E-state index contributed by atoms with van der Waals surface area (Å²) in [7, 11) is -7.96. The molecule has 4 N–H and O–H groups in total. The first-order chi connectivity index (χ1) is 35.1. The van der Waals surface area contributed by atoms with Gasteiger partial charge in [-0.2, -0.15) is 13.2 Å². The number of aromatic nitrogens is 1. The number of aliphatic hydroxyl groups is 1. The lowest BCUT2D eigenvalue weighted by Crippen LogP contribution is -2.46. The Morgan fingerprint density at radius 3 is 2.07 bits per heavy atom. The van der Waals surface area contributed by atoms with Crippen LogP contribution in [0.15, 0.2) is 131 Å². The van der Waals surface area contributed by atoms with Crippen molar-refractivity contribution >= 4 is 77.8 Å². The van der Waals surface area contributed by atoms with Gasteiger partial charge in [0.25, 0.3) is 21.7 Å². The Kier molecular flexibility index (Phi) is 16.7. The number of carbonyl (C=O) groups excluding carboxylic acids is 2. The Balaban J connectivity index is 0.955. The third-order valence-corrected chi connectivity index (χ3v) is 16.8. The van der Waals surface area contributed by atoms with Gasteiger partial charge in [-0.3, -0.25) is 9.59 Å². The highest BCUT2D eigenvalue weighted by atomic mass is 35.5. The van der Waals surface area contributed by atoms with E-state index < -0.39 is 48.1 Å². The number of anilines is 4. The molecule has 0 aliphatic carbocycles. The number of alkyl halides is 3. The molecule has 2 aliphatic heterocycles. The van der Waals surface area contributed by atoms with E-state index >= 15 is 0 Å². The molecule has 2 fully saturated rings. The minimum absolute atomic E-state index is 0.231. The Morgan fingerprint density at radius 2 is 1.43 bits per heavy atom. The Morgan fingerprint density at radius 1 is 0.784 bits per heavy atom. The molecule has 0 saturated carbocycles. The van der Waals surface area contributed by atoms with E-state index in [1.165, 1.54) is 23.9 Å². The molecule has 6 aromatic rings. The Hall–Kier alpha value is -6.03. The van der Waals surface area contributed by atoms with Gasteiger partial charge in [0.2, 0.25) is 10.0 Å². The van der Waals surface area contributed by atoms with Gasteiger partial charge >= 0.3 is 5.51 Å². The molecule has 392 valence electrons. The largest absolute Gasteiger partial charge is 0.501 e. The molecular formula is C53H57ClF3N7O7S3. The lowest BCUT2D eigenvalue weighted by atomic mass is 9.96. The van der Waals surface area contributed by atoms with Crippen LogP contribution in [0.5, 0.6) is 0 Å². The number of aliphatic hydroxyl groups excluding tert-OH is 1. The Labute approximate surface area is 438 Å². The zero-order chi connectivity index (χ0) is 53.0. The molecule has 14 nitrogen and oxygen atoms in total. The predicted octanol–water partition coefficient (Wildman–Crippen LogP) is 9.30. The van der Waals surface area contributed by atoms with Crippen molar-refractivity contribution in [2.24, 2.45) is 7.05 Å². The van der Waals surface area contributed by atoms with Gasteiger partial charge in [-0.25, -0.2) is 21.6 Å². The summed E-state index contributed by atoms with van der Waals surface area (Å²) in [4.78, 5) is 33.7. The summed E-state index contributed by atoms with van der Waals surface area (Å²) in [6, 6.07) is 34.2. The second-order valence-electron chi connectivity index (χ2n) is 18.5. The van der Waals surface area contributed by atoms with Crippen molar-refractivity contribution in [3.63, 3.8) is 0 Å². The normalized spacial score (nSPS) is 15.5. The first-order valence-corrected chi connectivity index (χ1v) is 28.7. The highest BCUT2D eigenvalue weighted by Crippen LogP contribution is 2.41. The third-order valence-electron chi connectivity index (χ3n) is 13.3. The van der Waals surface area contributed by atoms with E-state index in [2.05, 4.69) is 30.1 Å². The molecule has 8 rings (SSSR count). The van der Waals surface area contributed by atoms with Crippen molar-refractivity contribution < 1.29 is 44.7 Å². The molecular weight excluding hydrogens is 1040 g/mol. The number of benzene rings is 5. The van der Waals surface area contributed by atoms with E-state index in [-0.39, 0.29) is 22.9 Å². The lowest BCUT2D eigenvalue weighted by molar-refractivity contribution is -0.0435. The van der Waals surface area contributed by atoms with Crippen molar-refractivity contribution in [3.05, 3.63) is 143 Å². The van der Waals surface area contributed by atoms with Gasteiger partial charge in [-0.05, 0) is 116 Å². The molecule has 0 bridgehead atoms. The quantitative estimate of drug-likeness (QED) is 0.0639. The number of sulfone groups is 1. The maximum atomic E-state index is 14.3. The van der Waals surface area contributed by atoms with Crippen molar-refractivity contribution in [1.29, 1.82) is 0 Å². The summed E-state index contributed by atoms with van der Waals surface area (Å²) in [6.45, 7) is 6.15. The predicted molar refractivity (Wildman–Crippen MR) is 288 cm³/mol.